The minimum absolute atomic E-state index is 0.367. The summed E-state index contributed by atoms with van der Waals surface area (Å²) in [6.45, 7) is 2.25. The minimum atomic E-state index is 0.367. The number of hydrogen-bond acceptors (Lipinski definition) is 3. The first kappa shape index (κ1) is 9.40. The van der Waals surface area contributed by atoms with E-state index in [1.165, 1.54) is 18.5 Å². The number of anilines is 1. The van der Waals surface area contributed by atoms with E-state index in [1.54, 1.807) is 6.20 Å². The van der Waals surface area contributed by atoms with Crippen molar-refractivity contribution in [3.05, 3.63) is 24.0 Å². The van der Waals surface area contributed by atoms with Gasteiger partial charge in [-0.3, -0.25) is 4.98 Å². The maximum Gasteiger partial charge on any atom is 0.122 e. The normalized spacial score (nSPS) is 15.9. The molecule has 4 heteroatoms. The SMILES string of the molecule is NC(=S)c1cc(N2CCCC2)ccn1. The number of nitrogens with two attached hydrogens (primary N) is 1. The van der Waals surface area contributed by atoms with Crippen LogP contribution in [0, 0.1) is 0 Å². The molecule has 1 aromatic rings. The molecule has 0 radical (unpaired) electrons. The zero-order valence-corrected chi connectivity index (χ0v) is 8.76. The second-order valence-electron chi connectivity index (χ2n) is 3.46. The van der Waals surface area contributed by atoms with Crippen LogP contribution in [0.2, 0.25) is 0 Å². The number of nitrogens with zero attached hydrogens (tertiary/aromatic N) is 2. The van der Waals surface area contributed by atoms with Gasteiger partial charge in [-0.05, 0) is 25.0 Å². The van der Waals surface area contributed by atoms with Crippen LogP contribution in [0.25, 0.3) is 0 Å². The molecule has 1 aliphatic rings. The third-order valence-corrected chi connectivity index (χ3v) is 2.68. The van der Waals surface area contributed by atoms with Gasteiger partial charge in [-0.25, -0.2) is 0 Å². The third kappa shape index (κ3) is 1.85. The summed E-state index contributed by atoms with van der Waals surface area (Å²) in [6, 6.07) is 3.97. The summed E-state index contributed by atoms with van der Waals surface area (Å²) in [5.41, 5.74) is 7.42. The number of pyridine rings is 1. The van der Waals surface area contributed by atoms with Gasteiger partial charge >= 0.3 is 0 Å². The molecule has 74 valence electrons. The van der Waals surface area contributed by atoms with Gasteiger partial charge < -0.3 is 10.6 Å². The van der Waals surface area contributed by atoms with Gasteiger partial charge in [-0.2, -0.15) is 0 Å². The second-order valence-corrected chi connectivity index (χ2v) is 3.90. The molecule has 3 nitrogen and oxygen atoms in total. The first-order chi connectivity index (χ1) is 6.77. The predicted octanol–water partition coefficient (Wildman–Crippen LogP) is 1.32. The molecular formula is C10H13N3S. The zero-order valence-electron chi connectivity index (χ0n) is 7.94. The largest absolute Gasteiger partial charge is 0.388 e. The molecule has 2 rings (SSSR count). The average Bonchev–Trinajstić information content (AvgIpc) is 2.71. The molecule has 0 aromatic carbocycles. The molecule has 0 saturated carbocycles. The lowest BCUT2D eigenvalue weighted by Crippen LogP contribution is -2.19. The van der Waals surface area contributed by atoms with E-state index in [0.29, 0.717) is 10.7 Å². The van der Waals surface area contributed by atoms with Crippen LogP contribution < -0.4 is 10.6 Å². The highest BCUT2D eigenvalue weighted by Crippen LogP contribution is 2.19. The van der Waals surface area contributed by atoms with Crippen molar-refractivity contribution in [2.75, 3.05) is 18.0 Å². The van der Waals surface area contributed by atoms with Gasteiger partial charge in [0.2, 0.25) is 0 Å². The number of aromatic nitrogens is 1. The summed E-state index contributed by atoms with van der Waals surface area (Å²) >= 11 is 4.89. The molecule has 0 unspecified atom stereocenters. The predicted molar refractivity (Wildman–Crippen MR) is 61.6 cm³/mol. The molecule has 1 aromatic heterocycles. The minimum Gasteiger partial charge on any atom is -0.388 e. The summed E-state index contributed by atoms with van der Waals surface area (Å²) in [5.74, 6) is 0. The Bertz CT molecular complexity index is 345. The highest BCUT2D eigenvalue weighted by Gasteiger charge is 2.12. The van der Waals surface area contributed by atoms with Crippen molar-refractivity contribution in [1.82, 2.24) is 4.98 Å². The Balaban J connectivity index is 2.25. The van der Waals surface area contributed by atoms with Gasteiger partial charge in [-0.1, -0.05) is 12.2 Å². The van der Waals surface area contributed by atoms with Gasteiger partial charge in [0.15, 0.2) is 0 Å². The summed E-state index contributed by atoms with van der Waals surface area (Å²) in [4.78, 5) is 6.82. The maximum absolute atomic E-state index is 5.53. The molecule has 14 heavy (non-hydrogen) atoms. The van der Waals surface area contributed by atoms with Crippen molar-refractivity contribution < 1.29 is 0 Å². The van der Waals surface area contributed by atoms with Crippen LogP contribution in [0.15, 0.2) is 18.3 Å². The zero-order chi connectivity index (χ0) is 9.97. The van der Waals surface area contributed by atoms with Gasteiger partial charge in [0.1, 0.15) is 4.99 Å². The first-order valence-electron chi connectivity index (χ1n) is 4.78. The number of hydrogen-bond donors (Lipinski definition) is 1. The van der Waals surface area contributed by atoms with Crippen molar-refractivity contribution in [3.8, 4) is 0 Å². The quantitative estimate of drug-likeness (QED) is 0.743. The molecule has 0 spiro atoms. The number of rotatable bonds is 2. The van der Waals surface area contributed by atoms with Crippen molar-refractivity contribution in [2.24, 2.45) is 5.73 Å². The van der Waals surface area contributed by atoms with Crippen LogP contribution in [0.3, 0.4) is 0 Å². The Morgan fingerprint density at radius 3 is 2.79 bits per heavy atom. The van der Waals surface area contributed by atoms with E-state index in [0.717, 1.165) is 13.1 Å². The molecule has 0 amide bonds. The van der Waals surface area contributed by atoms with E-state index in [1.807, 2.05) is 12.1 Å². The lowest BCUT2D eigenvalue weighted by atomic mass is 10.3. The van der Waals surface area contributed by atoms with Crippen molar-refractivity contribution in [2.45, 2.75) is 12.8 Å². The summed E-state index contributed by atoms with van der Waals surface area (Å²) in [6.07, 6.45) is 4.30. The molecule has 1 aliphatic heterocycles. The molecule has 2 N–H and O–H groups in total. The van der Waals surface area contributed by atoms with E-state index < -0.39 is 0 Å². The summed E-state index contributed by atoms with van der Waals surface area (Å²) in [7, 11) is 0. The van der Waals surface area contributed by atoms with Crippen molar-refractivity contribution >= 4 is 22.9 Å². The smallest absolute Gasteiger partial charge is 0.122 e. The van der Waals surface area contributed by atoms with Crippen LogP contribution in [0.1, 0.15) is 18.5 Å². The highest BCUT2D eigenvalue weighted by atomic mass is 32.1. The lowest BCUT2D eigenvalue weighted by molar-refractivity contribution is 0.949. The Morgan fingerprint density at radius 1 is 1.43 bits per heavy atom. The van der Waals surface area contributed by atoms with Crippen LogP contribution in [0.5, 0.6) is 0 Å². The monoisotopic (exact) mass is 207 g/mol. The topological polar surface area (TPSA) is 42.1 Å². The molecule has 0 aliphatic carbocycles. The van der Waals surface area contributed by atoms with Crippen molar-refractivity contribution in [1.29, 1.82) is 0 Å². The Morgan fingerprint density at radius 2 is 2.14 bits per heavy atom. The van der Waals surface area contributed by atoms with E-state index >= 15 is 0 Å². The van der Waals surface area contributed by atoms with E-state index in [4.69, 9.17) is 18.0 Å². The highest BCUT2D eigenvalue weighted by molar-refractivity contribution is 7.80. The Hall–Kier alpha value is -1.16. The Kier molecular flexibility index (Phi) is 2.63. The molecule has 2 heterocycles. The fourth-order valence-electron chi connectivity index (χ4n) is 1.73. The molecule has 1 fully saturated rings. The van der Waals surface area contributed by atoms with E-state index in [9.17, 15) is 0 Å². The van der Waals surface area contributed by atoms with E-state index in [2.05, 4.69) is 9.88 Å². The average molecular weight is 207 g/mol. The van der Waals surface area contributed by atoms with Crippen LogP contribution in [-0.4, -0.2) is 23.1 Å². The fraction of sp³-hybridized carbons (Fsp3) is 0.400. The molecule has 1 saturated heterocycles. The van der Waals surface area contributed by atoms with Crippen LogP contribution in [-0.2, 0) is 0 Å². The summed E-state index contributed by atoms with van der Waals surface area (Å²) < 4.78 is 0. The fourth-order valence-corrected chi connectivity index (χ4v) is 1.84. The maximum atomic E-state index is 5.53. The van der Waals surface area contributed by atoms with Gasteiger partial charge in [0.05, 0.1) is 5.69 Å². The lowest BCUT2D eigenvalue weighted by Gasteiger charge is -2.17. The third-order valence-electron chi connectivity index (χ3n) is 2.47. The van der Waals surface area contributed by atoms with E-state index in [-0.39, 0.29) is 0 Å². The molecule has 0 bridgehead atoms. The van der Waals surface area contributed by atoms with Crippen LogP contribution in [0.4, 0.5) is 5.69 Å². The van der Waals surface area contributed by atoms with Gasteiger partial charge in [0, 0.05) is 25.0 Å². The second kappa shape index (κ2) is 3.92. The Labute approximate surface area is 88.9 Å². The van der Waals surface area contributed by atoms with Gasteiger partial charge in [-0.15, -0.1) is 0 Å². The standard InChI is InChI=1S/C10H13N3S/c11-10(14)9-7-8(3-4-12-9)13-5-1-2-6-13/h3-4,7H,1-2,5-6H2,(H2,11,14). The number of thiocarbonyl (C=S) groups is 1. The first-order valence-corrected chi connectivity index (χ1v) is 5.19. The van der Waals surface area contributed by atoms with Gasteiger partial charge in [0.25, 0.3) is 0 Å². The van der Waals surface area contributed by atoms with Crippen LogP contribution >= 0.6 is 12.2 Å². The molecule has 0 atom stereocenters. The van der Waals surface area contributed by atoms with Crippen molar-refractivity contribution in [3.63, 3.8) is 0 Å². The summed E-state index contributed by atoms with van der Waals surface area (Å²) in [5, 5.41) is 0. The molecular weight excluding hydrogens is 194 g/mol.